The lowest BCUT2D eigenvalue weighted by Gasteiger charge is -2.47. The highest BCUT2D eigenvalue weighted by Gasteiger charge is 2.59. The topological polar surface area (TPSA) is 32.8 Å². The molecule has 4 nitrogen and oxygen atoms in total. The van der Waals surface area contributed by atoms with Gasteiger partial charge in [0.1, 0.15) is 0 Å². The fourth-order valence-electron chi connectivity index (χ4n) is 5.61. The van der Waals surface area contributed by atoms with Crippen LogP contribution in [0.3, 0.4) is 0 Å². The van der Waals surface area contributed by atoms with Gasteiger partial charge in [0.15, 0.2) is 6.23 Å². The van der Waals surface area contributed by atoms with Crippen molar-refractivity contribution in [3.63, 3.8) is 0 Å². The summed E-state index contributed by atoms with van der Waals surface area (Å²) in [6.07, 6.45) is 3.74. The summed E-state index contributed by atoms with van der Waals surface area (Å²) in [5.41, 5.74) is 4.55. The van der Waals surface area contributed by atoms with E-state index in [1.807, 2.05) is 55.6 Å². The van der Waals surface area contributed by atoms with E-state index in [0.29, 0.717) is 0 Å². The van der Waals surface area contributed by atoms with Gasteiger partial charge in [-0.15, -0.1) is 0 Å². The summed E-state index contributed by atoms with van der Waals surface area (Å²) in [5.74, 6) is -0.0629. The number of hydrogen-bond donors (Lipinski definition) is 0. The molecular formula is C28H19BrN2O2. The van der Waals surface area contributed by atoms with Gasteiger partial charge >= 0.3 is 0 Å². The number of rotatable bonds is 0. The highest BCUT2D eigenvalue weighted by atomic mass is 79.9. The minimum absolute atomic E-state index is 0.0629. The average molecular weight is 495 g/mol. The van der Waals surface area contributed by atoms with Crippen LogP contribution in [0.2, 0.25) is 0 Å². The molecule has 2 atom stereocenters. The van der Waals surface area contributed by atoms with Gasteiger partial charge in [0, 0.05) is 34.4 Å². The highest BCUT2D eigenvalue weighted by molar-refractivity contribution is 9.10. The Balaban J connectivity index is 1.62. The minimum atomic E-state index is -1.23. The van der Waals surface area contributed by atoms with Crippen LogP contribution in [0, 0.1) is 0 Å². The summed E-state index contributed by atoms with van der Waals surface area (Å²) < 4.78 is 8.03. The third-order valence-corrected chi connectivity index (χ3v) is 7.77. The molecule has 0 aromatic heterocycles. The largest absolute Gasteiger partial charge is 0.328 e. The van der Waals surface area contributed by atoms with Crippen molar-refractivity contribution in [1.29, 1.82) is 0 Å². The molecular weight excluding hydrogens is 476 g/mol. The molecule has 3 aliphatic heterocycles. The number of likely N-dealkylation sites (N-methyl/N-ethyl adjacent to an activating group) is 1. The summed E-state index contributed by atoms with van der Waals surface area (Å²) >= 11 is 3.68. The molecule has 160 valence electrons. The quantitative estimate of drug-likeness (QED) is 0.285. The van der Waals surface area contributed by atoms with Crippen LogP contribution in [0.4, 0.5) is 11.4 Å². The van der Waals surface area contributed by atoms with Crippen molar-refractivity contribution in [2.45, 2.75) is 11.8 Å². The third-order valence-electron chi connectivity index (χ3n) is 7.08. The van der Waals surface area contributed by atoms with Gasteiger partial charge in [0.05, 0.1) is 11.4 Å². The average Bonchev–Trinajstić information content (AvgIpc) is 3.06. The predicted molar refractivity (Wildman–Crippen MR) is 134 cm³/mol. The number of amides is 1. The first-order valence-electron chi connectivity index (χ1n) is 10.9. The SMILES string of the molecule is CN1C(=O)[C@@]2(O[C@H]3c4cccc(Br)c4C=CN3c3ccc4ccccc4c32)c2ccccc21. The van der Waals surface area contributed by atoms with Crippen molar-refractivity contribution in [2.75, 3.05) is 16.8 Å². The summed E-state index contributed by atoms with van der Waals surface area (Å²) in [6.45, 7) is 0. The Kier molecular flexibility index (Phi) is 3.80. The smallest absolute Gasteiger partial charge is 0.268 e. The predicted octanol–water partition coefficient (Wildman–Crippen LogP) is 6.34. The van der Waals surface area contributed by atoms with Crippen molar-refractivity contribution in [3.8, 4) is 0 Å². The van der Waals surface area contributed by atoms with E-state index in [2.05, 4.69) is 63.4 Å². The maximum Gasteiger partial charge on any atom is 0.268 e. The number of halogens is 1. The Labute approximate surface area is 199 Å². The van der Waals surface area contributed by atoms with Gasteiger partial charge < -0.3 is 14.5 Å². The van der Waals surface area contributed by atoms with Crippen LogP contribution in [-0.2, 0) is 15.1 Å². The number of anilines is 2. The molecule has 3 heterocycles. The molecule has 4 aromatic rings. The minimum Gasteiger partial charge on any atom is -0.328 e. The molecule has 0 fully saturated rings. The van der Waals surface area contributed by atoms with Gasteiger partial charge in [-0.2, -0.15) is 0 Å². The van der Waals surface area contributed by atoms with Gasteiger partial charge in [-0.25, -0.2) is 0 Å². The summed E-state index contributed by atoms with van der Waals surface area (Å²) in [6, 6.07) is 26.6. The number of carbonyl (C=O) groups excluding carboxylic acids is 1. The third kappa shape index (κ3) is 2.31. The standard InChI is InChI=1S/C28H19BrN2O2/c1-30-23-12-5-4-10-21(23)28(27(30)32)25-18-8-3-2-7-17(18)13-14-24(25)31-16-15-19-20(26(31)33-28)9-6-11-22(19)29/h2-16,26H,1H3/t26-,28+/m0/s1. The number of benzene rings is 4. The van der Waals surface area contributed by atoms with Crippen molar-refractivity contribution in [1.82, 2.24) is 0 Å². The first-order chi connectivity index (χ1) is 16.1. The van der Waals surface area contributed by atoms with Crippen molar-refractivity contribution in [2.24, 2.45) is 0 Å². The number of ether oxygens (including phenoxy) is 1. The van der Waals surface area contributed by atoms with Crippen LogP contribution in [0.5, 0.6) is 0 Å². The Morgan fingerprint density at radius 1 is 0.909 bits per heavy atom. The van der Waals surface area contributed by atoms with E-state index in [1.54, 1.807) is 4.90 Å². The van der Waals surface area contributed by atoms with Crippen LogP contribution >= 0.6 is 15.9 Å². The van der Waals surface area contributed by atoms with E-state index in [4.69, 9.17) is 4.74 Å². The lowest BCUT2D eigenvalue weighted by atomic mass is 9.80. The summed E-state index contributed by atoms with van der Waals surface area (Å²) in [5, 5.41) is 2.11. The Bertz CT molecular complexity index is 1530. The van der Waals surface area contributed by atoms with E-state index >= 15 is 0 Å². The number of carbonyl (C=O) groups is 1. The van der Waals surface area contributed by atoms with Gasteiger partial charge in [-0.05, 0) is 40.6 Å². The van der Waals surface area contributed by atoms with Crippen molar-refractivity contribution < 1.29 is 9.53 Å². The molecule has 33 heavy (non-hydrogen) atoms. The molecule has 1 amide bonds. The zero-order valence-electron chi connectivity index (χ0n) is 17.8. The van der Waals surface area contributed by atoms with Crippen LogP contribution in [0.25, 0.3) is 16.8 Å². The summed E-state index contributed by atoms with van der Waals surface area (Å²) in [4.78, 5) is 18.0. The first-order valence-corrected chi connectivity index (χ1v) is 11.7. The maximum absolute atomic E-state index is 14.2. The Morgan fingerprint density at radius 3 is 2.64 bits per heavy atom. The number of hydrogen-bond acceptors (Lipinski definition) is 3. The highest BCUT2D eigenvalue weighted by Crippen LogP contribution is 2.58. The molecule has 7 rings (SSSR count). The molecule has 0 saturated heterocycles. The number of fused-ring (bicyclic) bond motifs is 10. The fraction of sp³-hybridized carbons (Fsp3) is 0.107. The molecule has 0 saturated carbocycles. The van der Waals surface area contributed by atoms with Crippen LogP contribution in [-0.4, -0.2) is 13.0 Å². The molecule has 0 radical (unpaired) electrons. The number of nitrogens with zero attached hydrogens (tertiary/aromatic N) is 2. The van der Waals surface area contributed by atoms with E-state index in [1.165, 1.54) is 0 Å². The zero-order valence-corrected chi connectivity index (χ0v) is 19.4. The Morgan fingerprint density at radius 2 is 1.73 bits per heavy atom. The summed E-state index contributed by atoms with van der Waals surface area (Å²) in [7, 11) is 1.84. The monoisotopic (exact) mass is 494 g/mol. The number of para-hydroxylation sites is 1. The van der Waals surface area contributed by atoms with E-state index in [9.17, 15) is 4.79 Å². The molecule has 0 N–H and O–H groups in total. The first kappa shape index (κ1) is 19.1. The van der Waals surface area contributed by atoms with E-state index in [-0.39, 0.29) is 5.91 Å². The fourth-order valence-corrected chi connectivity index (χ4v) is 6.12. The van der Waals surface area contributed by atoms with Crippen LogP contribution < -0.4 is 9.80 Å². The molecule has 0 aliphatic carbocycles. The van der Waals surface area contributed by atoms with Crippen LogP contribution in [0.15, 0.2) is 89.5 Å². The van der Waals surface area contributed by atoms with Gasteiger partial charge in [-0.3, -0.25) is 4.79 Å². The lowest BCUT2D eigenvalue weighted by Crippen LogP contribution is -2.50. The van der Waals surface area contributed by atoms with E-state index < -0.39 is 11.8 Å². The van der Waals surface area contributed by atoms with Crippen molar-refractivity contribution in [3.05, 3.63) is 112 Å². The molecule has 0 bridgehead atoms. The molecule has 0 unspecified atom stereocenters. The molecule has 4 aromatic carbocycles. The zero-order chi connectivity index (χ0) is 22.3. The van der Waals surface area contributed by atoms with Crippen molar-refractivity contribution >= 4 is 50.1 Å². The molecule has 3 aliphatic rings. The van der Waals surface area contributed by atoms with Gasteiger partial charge in [-0.1, -0.05) is 76.6 Å². The Hall–Kier alpha value is -3.41. The second-order valence-electron chi connectivity index (χ2n) is 8.68. The van der Waals surface area contributed by atoms with Crippen LogP contribution in [0.1, 0.15) is 28.5 Å². The van der Waals surface area contributed by atoms with Gasteiger partial charge in [0.2, 0.25) is 5.60 Å². The normalized spacial score (nSPS) is 22.4. The second kappa shape index (κ2) is 6.56. The molecule has 5 heteroatoms. The van der Waals surface area contributed by atoms with Gasteiger partial charge in [0.25, 0.3) is 5.91 Å². The molecule has 1 spiro atoms. The second-order valence-corrected chi connectivity index (χ2v) is 9.53. The lowest BCUT2D eigenvalue weighted by molar-refractivity contribution is -0.147. The van der Waals surface area contributed by atoms with E-state index in [0.717, 1.165) is 48.9 Å². The maximum atomic E-state index is 14.2.